The monoisotopic (exact) mass is 579 g/mol. The van der Waals surface area contributed by atoms with Crippen molar-refractivity contribution < 1.29 is 24.3 Å². The number of likely N-dealkylation sites (tertiary alicyclic amines) is 1. The zero-order valence-electron chi connectivity index (χ0n) is 23.0. The van der Waals surface area contributed by atoms with Crippen LogP contribution in [-0.4, -0.2) is 81.4 Å². The van der Waals surface area contributed by atoms with Crippen LogP contribution in [0.2, 0.25) is 0 Å². The van der Waals surface area contributed by atoms with E-state index in [9.17, 15) is 24.3 Å². The number of hydrogen-bond donors (Lipinski definition) is 5. The maximum absolute atomic E-state index is 13.4. The predicted molar refractivity (Wildman–Crippen MR) is 159 cm³/mol. The van der Waals surface area contributed by atoms with Crippen LogP contribution < -0.4 is 16.4 Å². The molecule has 1 aliphatic heterocycles. The van der Waals surface area contributed by atoms with E-state index in [2.05, 4.69) is 15.6 Å². The molecule has 10 nitrogen and oxygen atoms in total. The quantitative estimate of drug-likeness (QED) is 0.207. The number of aromatic nitrogens is 1. The van der Waals surface area contributed by atoms with Crippen LogP contribution in [0.1, 0.15) is 30.4 Å². The van der Waals surface area contributed by atoms with Crippen LogP contribution in [0.25, 0.3) is 10.9 Å². The van der Waals surface area contributed by atoms with Crippen molar-refractivity contribution in [3.8, 4) is 0 Å². The third-order valence-electron chi connectivity index (χ3n) is 7.41. The summed E-state index contributed by atoms with van der Waals surface area (Å²) in [5, 5.41) is 16.1. The molecule has 3 aromatic rings. The van der Waals surface area contributed by atoms with Gasteiger partial charge in [-0.3, -0.25) is 14.4 Å². The lowest BCUT2D eigenvalue weighted by molar-refractivity contribution is -0.143. The summed E-state index contributed by atoms with van der Waals surface area (Å²) in [6.45, 7) is 0.401. The van der Waals surface area contributed by atoms with Gasteiger partial charge in [0.1, 0.15) is 18.1 Å². The van der Waals surface area contributed by atoms with Gasteiger partial charge in [0.15, 0.2) is 0 Å². The number of benzene rings is 2. The Hall–Kier alpha value is -3.83. The van der Waals surface area contributed by atoms with Gasteiger partial charge in [0.25, 0.3) is 0 Å². The number of amides is 3. The molecule has 218 valence electrons. The van der Waals surface area contributed by atoms with Gasteiger partial charge in [-0.05, 0) is 54.9 Å². The molecule has 4 atom stereocenters. The number of carboxylic acids is 1. The Balaban J connectivity index is 1.40. The number of carbonyl (C=O) groups excluding carboxylic acids is 3. The van der Waals surface area contributed by atoms with E-state index in [4.69, 9.17) is 5.73 Å². The Bertz CT molecular complexity index is 1360. The lowest BCUT2D eigenvalue weighted by Crippen LogP contribution is -2.57. The molecule has 2 aromatic carbocycles. The first-order chi connectivity index (χ1) is 19.8. The summed E-state index contributed by atoms with van der Waals surface area (Å²) < 4.78 is 0. The van der Waals surface area contributed by atoms with E-state index in [1.807, 2.05) is 42.8 Å². The van der Waals surface area contributed by atoms with E-state index in [0.29, 0.717) is 38.0 Å². The topological polar surface area (TPSA) is 158 Å². The molecule has 3 amide bonds. The zero-order chi connectivity index (χ0) is 29.4. The molecule has 1 saturated heterocycles. The van der Waals surface area contributed by atoms with E-state index in [0.717, 1.165) is 22.0 Å². The first kappa shape index (κ1) is 30.1. The van der Waals surface area contributed by atoms with Gasteiger partial charge in [0.2, 0.25) is 17.7 Å². The molecule has 1 fully saturated rings. The summed E-state index contributed by atoms with van der Waals surface area (Å²) >= 11 is 1.51. The number of carbonyl (C=O) groups is 4. The number of aliphatic carboxylic acids is 1. The number of nitrogens with two attached hydrogens (primary N) is 1. The Morgan fingerprint density at radius 1 is 1.05 bits per heavy atom. The summed E-state index contributed by atoms with van der Waals surface area (Å²) in [7, 11) is 0. The Morgan fingerprint density at radius 2 is 1.78 bits per heavy atom. The highest BCUT2D eigenvalue weighted by atomic mass is 32.2. The molecule has 0 spiro atoms. The van der Waals surface area contributed by atoms with Gasteiger partial charge in [-0.25, -0.2) is 4.79 Å². The molecule has 0 radical (unpaired) electrons. The SMILES string of the molecule is CSCCC(NC(=O)C1CCCN1C(=O)C(N)Cc1c[nH]c2ccccc12)C(=O)NC(Cc1ccccc1)C(=O)O. The lowest BCUT2D eigenvalue weighted by atomic mass is 10.0. The molecule has 1 aromatic heterocycles. The predicted octanol–water partition coefficient (Wildman–Crippen LogP) is 2.08. The van der Waals surface area contributed by atoms with Crippen LogP contribution in [0.3, 0.4) is 0 Å². The average molecular weight is 580 g/mol. The van der Waals surface area contributed by atoms with Gasteiger partial charge in [-0.15, -0.1) is 0 Å². The van der Waals surface area contributed by atoms with Gasteiger partial charge in [-0.1, -0.05) is 48.5 Å². The average Bonchev–Trinajstić information content (AvgIpc) is 3.62. The van der Waals surface area contributed by atoms with Crippen LogP contribution in [0.5, 0.6) is 0 Å². The molecule has 41 heavy (non-hydrogen) atoms. The van der Waals surface area contributed by atoms with Gasteiger partial charge in [0.05, 0.1) is 6.04 Å². The van der Waals surface area contributed by atoms with Crippen molar-refractivity contribution >= 4 is 46.4 Å². The third kappa shape index (κ3) is 7.68. The van der Waals surface area contributed by atoms with Gasteiger partial charge >= 0.3 is 5.97 Å². The van der Waals surface area contributed by atoms with E-state index < -0.39 is 42.0 Å². The van der Waals surface area contributed by atoms with E-state index in [1.165, 1.54) is 16.7 Å². The number of rotatable bonds is 13. The summed E-state index contributed by atoms with van der Waals surface area (Å²) in [5.41, 5.74) is 9.01. The molecule has 1 aliphatic rings. The lowest BCUT2D eigenvalue weighted by Gasteiger charge is -2.28. The second kappa shape index (κ2) is 14.2. The zero-order valence-corrected chi connectivity index (χ0v) is 23.9. The highest BCUT2D eigenvalue weighted by Gasteiger charge is 2.38. The second-order valence-corrected chi connectivity index (χ2v) is 11.3. The van der Waals surface area contributed by atoms with Crippen molar-refractivity contribution in [3.05, 3.63) is 71.9 Å². The maximum atomic E-state index is 13.4. The summed E-state index contributed by atoms with van der Waals surface area (Å²) in [6, 6.07) is 13.2. The number of carboxylic acid groups (broad SMARTS) is 1. The summed E-state index contributed by atoms with van der Waals surface area (Å²) in [4.78, 5) is 56.6. The van der Waals surface area contributed by atoms with Crippen molar-refractivity contribution in [3.63, 3.8) is 0 Å². The summed E-state index contributed by atoms with van der Waals surface area (Å²) in [5.74, 6) is -1.90. The molecule has 4 unspecified atom stereocenters. The second-order valence-electron chi connectivity index (χ2n) is 10.3. The van der Waals surface area contributed by atoms with Crippen LogP contribution in [0.15, 0.2) is 60.8 Å². The molecule has 11 heteroatoms. The van der Waals surface area contributed by atoms with E-state index >= 15 is 0 Å². The first-order valence-corrected chi connectivity index (χ1v) is 15.1. The molecular weight excluding hydrogens is 542 g/mol. The fourth-order valence-electron chi connectivity index (χ4n) is 5.24. The van der Waals surface area contributed by atoms with E-state index in [-0.39, 0.29) is 12.3 Å². The van der Waals surface area contributed by atoms with Crippen molar-refractivity contribution in [1.29, 1.82) is 0 Å². The van der Waals surface area contributed by atoms with Gasteiger partial charge in [-0.2, -0.15) is 11.8 Å². The number of fused-ring (bicyclic) bond motifs is 1. The van der Waals surface area contributed by atoms with Crippen molar-refractivity contribution in [2.45, 2.75) is 56.3 Å². The third-order valence-corrected chi connectivity index (χ3v) is 8.06. The minimum absolute atomic E-state index is 0.115. The highest BCUT2D eigenvalue weighted by molar-refractivity contribution is 7.98. The Labute approximate surface area is 243 Å². The normalized spacial score (nSPS) is 17.1. The molecule has 0 saturated carbocycles. The molecule has 6 N–H and O–H groups in total. The number of H-pyrrole nitrogens is 1. The maximum Gasteiger partial charge on any atom is 0.326 e. The molecular formula is C30H37N5O5S. The minimum atomic E-state index is -1.16. The van der Waals surface area contributed by atoms with Crippen LogP contribution in [-0.2, 0) is 32.0 Å². The number of nitrogens with one attached hydrogen (secondary N) is 3. The van der Waals surface area contributed by atoms with Crippen molar-refractivity contribution in [2.75, 3.05) is 18.6 Å². The number of thioether (sulfide) groups is 1. The smallest absolute Gasteiger partial charge is 0.326 e. The highest BCUT2D eigenvalue weighted by Crippen LogP contribution is 2.22. The number of aromatic amines is 1. The van der Waals surface area contributed by atoms with Gasteiger partial charge < -0.3 is 31.4 Å². The van der Waals surface area contributed by atoms with E-state index in [1.54, 1.807) is 24.3 Å². The van der Waals surface area contributed by atoms with Crippen LogP contribution in [0.4, 0.5) is 0 Å². The van der Waals surface area contributed by atoms with Crippen molar-refractivity contribution in [1.82, 2.24) is 20.5 Å². The number of hydrogen-bond acceptors (Lipinski definition) is 6. The fourth-order valence-corrected chi connectivity index (χ4v) is 5.71. The first-order valence-electron chi connectivity index (χ1n) is 13.8. The minimum Gasteiger partial charge on any atom is -0.480 e. The molecule has 4 rings (SSSR count). The number of nitrogens with zero attached hydrogens (tertiary/aromatic N) is 1. The van der Waals surface area contributed by atoms with Crippen molar-refractivity contribution in [2.24, 2.45) is 5.73 Å². The van der Waals surface area contributed by atoms with Crippen LogP contribution >= 0.6 is 11.8 Å². The largest absolute Gasteiger partial charge is 0.480 e. The summed E-state index contributed by atoms with van der Waals surface area (Å²) in [6.07, 6.45) is 5.59. The fraction of sp³-hybridized carbons (Fsp3) is 0.400. The Kier molecular flexibility index (Phi) is 10.4. The molecule has 0 aliphatic carbocycles. The molecule has 0 bridgehead atoms. The number of para-hydroxylation sites is 1. The van der Waals surface area contributed by atoms with Crippen LogP contribution in [0, 0.1) is 0 Å². The Morgan fingerprint density at radius 3 is 2.51 bits per heavy atom. The van der Waals surface area contributed by atoms with Gasteiger partial charge in [0, 0.05) is 30.1 Å². The molecule has 2 heterocycles. The standard InChI is InChI=1S/C30H37N5O5S/c1-41-15-13-24(27(36)34-25(30(39)40)16-19-8-3-2-4-9-19)33-28(37)26-12-7-14-35(26)29(38)22(31)17-20-18-32-23-11-6-5-10-21(20)23/h2-6,8-11,18,22,24-26,32H,7,12-17,31H2,1H3,(H,33,37)(H,34,36)(H,39,40).